The van der Waals surface area contributed by atoms with E-state index in [2.05, 4.69) is 6.07 Å². The lowest BCUT2D eigenvalue weighted by molar-refractivity contribution is -0.928. The quantitative estimate of drug-likeness (QED) is 0.790. The molecule has 0 unspecified atom stereocenters. The third kappa shape index (κ3) is 3.58. The third-order valence-corrected chi connectivity index (χ3v) is 4.69. The van der Waals surface area contributed by atoms with Gasteiger partial charge in [-0.1, -0.05) is 0 Å². The average molecular weight is 324 g/mol. The van der Waals surface area contributed by atoms with E-state index in [-0.39, 0.29) is 12.2 Å². The Hall–Kier alpha value is -1.62. The van der Waals surface area contributed by atoms with E-state index in [1.165, 1.54) is 4.90 Å². The van der Waals surface area contributed by atoms with Gasteiger partial charge < -0.3 is 20.1 Å². The summed E-state index contributed by atoms with van der Waals surface area (Å²) in [4.78, 5) is 13.8. The molecule has 0 amide bonds. The predicted molar refractivity (Wildman–Crippen MR) is 83.8 cm³/mol. The normalized spacial score (nSPS) is 24.7. The van der Waals surface area contributed by atoms with Gasteiger partial charge in [-0.2, -0.15) is 5.26 Å². The van der Waals surface area contributed by atoms with Crippen LogP contribution >= 0.6 is 11.3 Å². The summed E-state index contributed by atoms with van der Waals surface area (Å²) in [6.07, 6.45) is 0.317. The fourth-order valence-corrected chi connectivity index (χ4v) is 3.85. The Morgan fingerprint density at radius 1 is 1.50 bits per heavy atom. The molecule has 0 aromatic carbocycles. The van der Waals surface area contributed by atoms with Crippen LogP contribution in [-0.4, -0.2) is 37.9 Å². The number of nitrogens with zero attached hydrogens (tertiary/aromatic N) is 1. The molecule has 1 aliphatic heterocycles. The molecule has 6 nitrogen and oxygen atoms in total. The lowest BCUT2D eigenvalue weighted by Crippen LogP contribution is -3.14. The minimum Gasteiger partial charge on any atom is -0.462 e. The number of carbonyl (C=O) groups excluding carboxylic acids is 1. The van der Waals surface area contributed by atoms with Crippen LogP contribution in [0, 0.1) is 11.3 Å². The topological polar surface area (TPSA) is 89.8 Å². The van der Waals surface area contributed by atoms with Gasteiger partial charge in [-0.15, -0.1) is 11.3 Å². The summed E-state index contributed by atoms with van der Waals surface area (Å²) >= 11 is 1.14. The number of hydrogen-bond acceptors (Lipinski definition) is 6. The highest BCUT2D eigenvalue weighted by atomic mass is 32.1. The fraction of sp³-hybridized carbons (Fsp3) is 0.600. The molecule has 1 saturated heterocycles. The molecule has 2 heterocycles. The van der Waals surface area contributed by atoms with Crippen molar-refractivity contribution < 1.29 is 19.2 Å². The van der Waals surface area contributed by atoms with E-state index in [1.807, 2.05) is 13.8 Å². The van der Waals surface area contributed by atoms with Gasteiger partial charge in [0.2, 0.25) is 0 Å². The van der Waals surface area contributed by atoms with Gasteiger partial charge in [0.15, 0.2) is 0 Å². The summed E-state index contributed by atoms with van der Waals surface area (Å²) in [6, 6.07) is 2.13. The monoisotopic (exact) mass is 324 g/mol. The van der Waals surface area contributed by atoms with Crippen LogP contribution in [0.3, 0.4) is 0 Å². The first-order valence-corrected chi connectivity index (χ1v) is 8.25. The number of esters is 1. The van der Waals surface area contributed by atoms with Gasteiger partial charge in [0.05, 0.1) is 17.7 Å². The van der Waals surface area contributed by atoms with Crippen LogP contribution in [0.4, 0.5) is 5.00 Å². The zero-order valence-corrected chi connectivity index (χ0v) is 14.0. The first-order chi connectivity index (χ1) is 10.5. The van der Waals surface area contributed by atoms with Crippen LogP contribution < -0.4 is 10.6 Å². The summed E-state index contributed by atoms with van der Waals surface area (Å²) in [5.41, 5.74) is 7.02. The van der Waals surface area contributed by atoms with Crippen molar-refractivity contribution in [1.29, 1.82) is 5.26 Å². The molecule has 0 aliphatic carbocycles. The molecular weight excluding hydrogens is 302 g/mol. The SMILES string of the molecule is CCOC(=O)c1sc(N)c(C#N)c1C[NH+]1C[C@@H](C)O[C@H](C)C1. The third-order valence-electron chi connectivity index (χ3n) is 3.65. The zero-order chi connectivity index (χ0) is 16.3. The van der Waals surface area contributed by atoms with Crippen molar-refractivity contribution in [2.24, 2.45) is 0 Å². The molecule has 0 radical (unpaired) electrons. The van der Waals surface area contributed by atoms with Crippen molar-refractivity contribution in [3.05, 3.63) is 16.0 Å². The van der Waals surface area contributed by atoms with Gasteiger partial charge in [0, 0.05) is 0 Å². The molecule has 3 N–H and O–H groups in total. The summed E-state index contributed by atoms with van der Waals surface area (Å²) in [5.74, 6) is -0.399. The number of rotatable bonds is 4. The Kier molecular flexibility index (Phi) is 5.40. The molecule has 0 bridgehead atoms. The molecular formula is C15H22N3O3S+. The number of morpholine rings is 1. The summed E-state index contributed by atoms with van der Waals surface area (Å²) in [5, 5.41) is 9.73. The maximum atomic E-state index is 12.1. The number of anilines is 1. The van der Waals surface area contributed by atoms with Crippen LogP contribution in [0.25, 0.3) is 0 Å². The van der Waals surface area contributed by atoms with Gasteiger partial charge >= 0.3 is 5.97 Å². The molecule has 7 heteroatoms. The van der Waals surface area contributed by atoms with E-state index in [0.29, 0.717) is 34.2 Å². The molecule has 1 fully saturated rings. The first-order valence-electron chi connectivity index (χ1n) is 7.43. The number of hydrogen-bond donors (Lipinski definition) is 2. The highest BCUT2D eigenvalue weighted by Gasteiger charge is 2.30. The number of nitrogens with two attached hydrogens (primary N) is 1. The van der Waals surface area contributed by atoms with Crippen molar-refractivity contribution >= 4 is 22.3 Å². The van der Waals surface area contributed by atoms with Crippen molar-refractivity contribution in [3.63, 3.8) is 0 Å². The van der Waals surface area contributed by atoms with Crippen LogP contribution in [0.5, 0.6) is 0 Å². The maximum Gasteiger partial charge on any atom is 0.348 e. The summed E-state index contributed by atoms with van der Waals surface area (Å²) in [7, 11) is 0. The Labute approximate surface area is 134 Å². The Morgan fingerprint density at radius 3 is 2.68 bits per heavy atom. The highest BCUT2D eigenvalue weighted by Crippen LogP contribution is 2.30. The first kappa shape index (κ1) is 16.7. The second-order valence-corrected chi connectivity index (χ2v) is 6.63. The number of ether oxygens (including phenoxy) is 2. The van der Waals surface area contributed by atoms with Crippen molar-refractivity contribution in [2.75, 3.05) is 25.4 Å². The van der Waals surface area contributed by atoms with Gasteiger partial charge in [-0.05, 0) is 20.8 Å². The standard InChI is InChI=1S/C15H21N3O3S/c1-4-20-15(19)13-12(11(5-16)14(17)22-13)8-18-6-9(2)21-10(3)7-18/h9-10H,4,6-8,17H2,1-3H3/p+1/t9-,10-/m1/s1. The fourth-order valence-electron chi connectivity index (χ4n) is 2.92. The number of nitrogens with one attached hydrogen (secondary N) is 1. The number of quaternary nitrogens is 1. The van der Waals surface area contributed by atoms with Gasteiger partial charge in [0.1, 0.15) is 47.8 Å². The molecule has 1 aromatic rings. The molecule has 120 valence electrons. The van der Waals surface area contributed by atoms with E-state index < -0.39 is 5.97 Å². The molecule has 2 atom stereocenters. The Morgan fingerprint density at radius 2 is 2.14 bits per heavy atom. The Bertz CT molecular complexity index is 584. The predicted octanol–water partition coefficient (Wildman–Crippen LogP) is 0.571. The molecule has 1 aromatic heterocycles. The van der Waals surface area contributed by atoms with Gasteiger partial charge in [-0.25, -0.2) is 4.79 Å². The van der Waals surface area contributed by atoms with E-state index >= 15 is 0 Å². The average Bonchev–Trinajstić information content (AvgIpc) is 2.74. The number of nitriles is 1. The van der Waals surface area contributed by atoms with Gasteiger partial charge in [0.25, 0.3) is 0 Å². The molecule has 2 rings (SSSR count). The molecule has 1 aliphatic rings. The number of nitrogen functional groups attached to an aromatic ring is 1. The van der Waals surface area contributed by atoms with Gasteiger partial charge in [-0.3, -0.25) is 0 Å². The van der Waals surface area contributed by atoms with Crippen molar-refractivity contribution in [2.45, 2.75) is 39.5 Å². The van der Waals surface area contributed by atoms with E-state index in [9.17, 15) is 10.1 Å². The molecule has 0 spiro atoms. The molecule has 0 saturated carbocycles. The zero-order valence-electron chi connectivity index (χ0n) is 13.1. The largest absolute Gasteiger partial charge is 0.462 e. The van der Waals surface area contributed by atoms with Crippen LogP contribution in [0.1, 0.15) is 41.6 Å². The van der Waals surface area contributed by atoms with Crippen molar-refractivity contribution in [1.82, 2.24) is 0 Å². The maximum absolute atomic E-state index is 12.1. The lowest BCUT2D eigenvalue weighted by atomic mass is 10.1. The summed E-state index contributed by atoms with van der Waals surface area (Å²) in [6.45, 7) is 8.40. The number of carbonyl (C=O) groups is 1. The lowest BCUT2D eigenvalue weighted by Gasteiger charge is -2.32. The highest BCUT2D eigenvalue weighted by molar-refractivity contribution is 7.18. The van der Waals surface area contributed by atoms with Crippen LogP contribution in [-0.2, 0) is 16.0 Å². The second kappa shape index (κ2) is 7.09. The Balaban J connectivity index is 2.28. The minimum atomic E-state index is -0.399. The van der Waals surface area contributed by atoms with Crippen molar-refractivity contribution in [3.8, 4) is 6.07 Å². The number of thiophene rings is 1. The van der Waals surface area contributed by atoms with E-state index in [0.717, 1.165) is 24.4 Å². The van der Waals surface area contributed by atoms with Crippen LogP contribution in [0.2, 0.25) is 0 Å². The smallest absolute Gasteiger partial charge is 0.348 e. The van der Waals surface area contributed by atoms with E-state index in [4.69, 9.17) is 15.2 Å². The minimum absolute atomic E-state index is 0.159. The van der Waals surface area contributed by atoms with E-state index in [1.54, 1.807) is 6.92 Å². The molecule has 22 heavy (non-hydrogen) atoms. The van der Waals surface area contributed by atoms with Crippen LogP contribution in [0.15, 0.2) is 0 Å². The second-order valence-electron chi connectivity index (χ2n) is 5.57. The summed E-state index contributed by atoms with van der Waals surface area (Å²) < 4.78 is 10.8.